The molecule has 0 fully saturated rings. The Morgan fingerprint density at radius 2 is 1.80 bits per heavy atom. The molecular weight excluding hydrogens is 206 g/mol. The summed E-state index contributed by atoms with van der Waals surface area (Å²) in [5, 5.41) is 1.06. The topological polar surface area (TPSA) is 0 Å². The van der Waals surface area contributed by atoms with Gasteiger partial charge in [0.1, 0.15) is 0 Å². The lowest BCUT2D eigenvalue weighted by atomic mass is 10.4. The van der Waals surface area contributed by atoms with Crippen LogP contribution in [-0.4, -0.2) is 0 Å². The Bertz CT molecular complexity index is 207. The third-order valence-electron chi connectivity index (χ3n) is 0.931. The third-order valence-corrected chi connectivity index (χ3v) is 2.25. The molecule has 0 aliphatic heterocycles. The van der Waals surface area contributed by atoms with Crippen LogP contribution in [0.1, 0.15) is 0 Å². The Morgan fingerprint density at radius 3 is 2.20 bits per heavy atom. The molecule has 1 aromatic carbocycles. The van der Waals surface area contributed by atoms with Gasteiger partial charge < -0.3 is 0 Å². The van der Waals surface area contributed by atoms with Gasteiger partial charge in [0.05, 0.1) is 10.0 Å². The molecule has 0 spiro atoms. The zero-order chi connectivity index (χ0) is 6.85. The normalized spacial score (nSPS) is 8.70. The Labute approximate surface area is 78.9 Å². The fourth-order valence-corrected chi connectivity index (χ4v) is 1.07. The van der Waals surface area contributed by atoms with Crippen molar-refractivity contribution in [1.82, 2.24) is 0 Å². The molecular formula is C6H7Cl2PS. The average molecular weight is 213 g/mol. The lowest BCUT2D eigenvalue weighted by Crippen LogP contribution is -1.68. The van der Waals surface area contributed by atoms with Crippen LogP contribution in [0, 0.1) is 0 Å². The Hall–Kier alpha value is 0.580. The highest BCUT2D eigenvalue weighted by atomic mass is 35.5. The molecule has 0 amide bonds. The van der Waals surface area contributed by atoms with Crippen LogP contribution >= 0.6 is 45.7 Å². The molecule has 0 N–H and O–H groups in total. The monoisotopic (exact) mass is 212 g/mol. The van der Waals surface area contributed by atoms with Gasteiger partial charge in [0, 0.05) is 4.90 Å². The molecule has 0 bridgehead atoms. The van der Waals surface area contributed by atoms with E-state index >= 15 is 0 Å². The molecule has 1 atom stereocenters. The molecule has 1 aromatic rings. The maximum atomic E-state index is 5.67. The summed E-state index contributed by atoms with van der Waals surface area (Å²) < 4.78 is 0. The van der Waals surface area contributed by atoms with E-state index in [2.05, 4.69) is 12.6 Å². The number of halogens is 2. The summed E-state index contributed by atoms with van der Waals surface area (Å²) in [5.74, 6) is 0. The van der Waals surface area contributed by atoms with E-state index in [1.807, 2.05) is 0 Å². The van der Waals surface area contributed by atoms with Crippen LogP contribution < -0.4 is 0 Å². The highest BCUT2D eigenvalue weighted by Gasteiger charge is 1.97. The first-order valence-corrected chi connectivity index (χ1v) is 3.55. The Balaban J connectivity index is 0.000000810. The van der Waals surface area contributed by atoms with E-state index in [9.17, 15) is 0 Å². The predicted molar refractivity (Wildman–Crippen MR) is 54.8 cm³/mol. The number of hydrogen-bond acceptors (Lipinski definition) is 1. The molecule has 0 aliphatic rings. The third kappa shape index (κ3) is 2.32. The number of rotatable bonds is 0. The van der Waals surface area contributed by atoms with Gasteiger partial charge >= 0.3 is 0 Å². The molecule has 0 saturated carbocycles. The summed E-state index contributed by atoms with van der Waals surface area (Å²) in [5.41, 5.74) is 0. The average Bonchev–Trinajstić information content (AvgIpc) is 1.83. The summed E-state index contributed by atoms with van der Waals surface area (Å²) in [6, 6.07) is 5.32. The van der Waals surface area contributed by atoms with Crippen molar-refractivity contribution in [3.05, 3.63) is 28.2 Å². The minimum Gasteiger partial charge on any atom is -0.153 e. The van der Waals surface area contributed by atoms with Crippen molar-refractivity contribution in [2.45, 2.75) is 4.90 Å². The molecule has 0 aromatic heterocycles. The second-order valence-electron chi connectivity index (χ2n) is 1.57. The minimum absolute atomic E-state index is 0. The molecule has 1 rings (SSSR count). The smallest absolute Gasteiger partial charge is 0.0725 e. The SMILES string of the molecule is P.Sc1cccc(Cl)c1Cl. The second kappa shape index (κ2) is 4.46. The van der Waals surface area contributed by atoms with Gasteiger partial charge in [-0.05, 0) is 12.1 Å². The van der Waals surface area contributed by atoms with Gasteiger partial charge in [-0.2, -0.15) is 9.90 Å². The maximum absolute atomic E-state index is 5.67. The van der Waals surface area contributed by atoms with Crippen molar-refractivity contribution >= 4 is 45.7 Å². The van der Waals surface area contributed by atoms with Crippen LogP contribution in [0.25, 0.3) is 0 Å². The molecule has 0 nitrogen and oxygen atoms in total. The first-order valence-electron chi connectivity index (χ1n) is 2.35. The van der Waals surface area contributed by atoms with Crippen LogP contribution in [0.15, 0.2) is 23.1 Å². The van der Waals surface area contributed by atoms with Crippen molar-refractivity contribution in [2.75, 3.05) is 0 Å². The van der Waals surface area contributed by atoms with Gasteiger partial charge in [-0.25, -0.2) is 0 Å². The molecule has 0 radical (unpaired) electrons. The van der Waals surface area contributed by atoms with Crippen molar-refractivity contribution in [3.63, 3.8) is 0 Å². The molecule has 10 heavy (non-hydrogen) atoms. The summed E-state index contributed by atoms with van der Waals surface area (Å²) in [7, 11) is 0. The van der Waals surface area contributed by atoms with Crippen LogP contribution in [0.3, 0.4) is 0 Å². The summed E-state index contributed by atoms with van der Waals surface area (Å²) in [6.07, 6.45) is 0. The number of benzene rings is 1. The van der Waals surface area contributed by atoms with E-state index in [4.69, 9.17) is 23.2 Å². The Kier molecular flexibility index (Phi) is 4.71. The maximum Gasteiger partial charge on any atom is 0.0725 e. The minimum atomic E-state index is 0. The summed E-state index contributed by atoms with van der Waals surface area (Å²) in [6.45, 7) is 0. The first-order chi connectivity index (χ1) is 4.22. The van der Waals surface area contributed by atoms with Crippen molar-refractivity contribution in [3.8, 4) is 0 Å². The molecule has 1 unspecified atom stereocenters. The largest absolute Gasteiger partial charge is 0.153 e. The van der Waals surface area contributed by atoms with Gasteiger partial charge in [-0.3, -0.25) is 0 Å². The fourth-order valence-electron chi connectivity index (χ4n) is 0.492. The van der Waals surface area contributed by atoms with Gasteiger partial charge in [0.2, 0.25) is 0 Å². The highest BCUT2D eigenvalue weighted by molar-refractivity contribution is 7.80. The van der Waals surface area contributed by atoms with Crippen molar-refractivity contribution in [2.24, 2.45) is 0 Å². The lowest BCUT2D eigenvalue weighted by Gasteiger charge is -1.95. The summed E-state index contributed by atoms with van der Waals surface area (Å²) in [4.78, 5) is 0.712. The van der Waals surface area contributed by atoms with E-state index in [-0.39, 0.29) is 9.90 Å². The molecule has 0 aliphatic carbocycles. The molecule has 0 heterocycles. The van der Waals surface area contributed by atoms with Crippen molar-refractivity contribution < 1.29 is 0 Å². The fraction of sp³-hybridized carbons (Fsp3) is 0. The van der Waals surface area contributed by atoms with E-state index in [0.717, 1.165) is 0 Å². The number of thiol groups is 1. The zero-order valence-electron chi connectivity index (χ0n) is 5.14. The van der Waals surface area contributed by atoms with Crippen LogP contribution in [0.5, 0.6) is 0 Å². The molecule has 0 saturated heterocycles. The first kappa shape index (κ1) is 10.6. The van der Waals surface area contributed by atoms with Gasteiger partial charge in [-0.1, -0.05) is 29.3 Å². The highest BCUT2D eigenvalue weighted by Crippen LogP contribution is 2.27. The lowest BCUT2D eigenvalue weighted by molar-refractivity contribution is 1.48. The van der Waals surface area contributed by atoms with Crippen LogP contribution in [0.2, 0.25) is 10.0 Å². The summed E-state index contributed by atoms with van der Waals surface area (Å²) >= 11 is 15.4. The van der Waals surface area contributed by atoms with Crippen molar-refractivity contribution in [1.29, 1.82) is 0 Å². The van der Waals surface area contributed by atoms with Gasteiger partial charge in [0.25, 0.3) is 0 Å². The van der Waals surface area contributed by atoms with Crippen LogP contribution in [0.4, 0.5) is 0 Å². The standard InChI is InChI=1S/C6H4Cl2S.H3P/c7-4-2-1-3-5(9)6(4)8;/h1-3,9H;1H3. The Morgan fingerprint density at radius 1 is 1.20 bits per heavy atom. The van der Waals surface area contributed by atoms with Crippen LogP contribution in [-0.2, 0) is 0 Å². The van der Waals surface area contributed by atoms with E-state index in [1.165, 1.54) is 0 Å². The van der Waals surface area contributed by atoms with Gasteiger partial charge in [0.15, 0.2) is 0 Å². The van der Waals surface area contributed by atoms with E-state index in [1.54, 1.807) is 18.2 Å². The zero-order valence-corrected chi connectivity index (χ0v) is 8.96. The van der Waals surface area contributed by atoms with E-state index < -0.39 is 0 Å². The number of hydrogen-bond donors (Lipinski definition) is 1. The van der Waals surface area contributed by atoms with E-state index in [0.29, 0.717) is 14.9 Å². The molecule has 4 heteroatoms. The second-order valence-corrected chi connectivity index (χ2v) is 2.84. The molecule has 56 valence electrons. The quantitative estimate of drug-likeness (QED) is 0.495. The van der Waals surface area contributed by atoms with Gasteiger partial charge in [-0.15, -0.1) is 12.6 Å². The predicted octanol–water partition coefficient (Wildman–Crippen LogP) is 3.34.